The van der Waals surface area contributed by atoms with Crippen LogP contribution in [0.5, 0.6) is 5.75 Å². The zero-order valence-electron chi connectivity index (χ0n) is 9.98. The van der Waals surface area contributed by atoms with Crippen LogP contribution in [0.15, 0.2) is 30.6 Å². The van der Waals surface area contributed by atoms with Crippen molar-refractivity contribution in [2.75, 3.05) is 12.4 Å². The number of anilines is 1. The van der Waals surface area contributed by atoms with Gasteiger partial charge in [0.2, 0.25) is 0 Å². The third-order valence-corrected chi connectivity index (χ3v) is 2.38. The van der Waals surface area contributed by atoms with Crippen molar-refractivity contribution >= 4 is 11.6 Å². The summed E-state index contributed by atoms with van der Waals surface area (Å²) in [5.74, 6) is -0.480. The lowest BCUT2D eigenvalue weighted by atomic mass is 10.2. The molecule has 1 aromatic carbocycles. The molecule has 2 aromatic rings. The Hall–Kier alpha value is -2.37. The second-order valence-corrected chi connectivity index (χ2v) is 3.70. The highest BCUT2D eigenvalue weighted by atomic mass is 19.1. The number of carbonyl (C=O) groups is 1. The summed E-state index contributed by atoms with van der Waals surface area (Å²) in [5.41, 5.74) is 0.830. The van der Waals surface area contributed by atoms with Crippen LogP contribution in [0, 0.1) is 5.82 Å². The van der Waals surface area contributed by atoms with Gasteiger partial charge in [0.25, 0.3) is 5.91 Å². The molecule has 0 aliphatic heterocycles. The predicted molar refractivity (Wildman–Crippen MR) is 64.1 cm³/mol. The zero-order valence-corrected chi connectivity index (χ0v) is 9.98. The fourth-order valence-corrected chi connectivity index (χ4v) is 1.50. The first-order chi connectivity index (χ1) is 8.60. The van der Waals surface area contributed by atoms with Crippen LogP contribution in [-0.4, -0.2) is 22.8 Å². The molecule has 1 amide bonds. The quantitative estimate of drug-likeness (QED) is 0.902. The lowest BCUT2D eigenvalue weighted by Crippen LogP contribution is -2.12. The van der Waals surface area contributed by atoms with Crippen LogP contribution in [-0.2, 0) is 7.05 Å². The lowest BCUT2D eigenvalue weighted by Gasteiger charge is -2.09. The van der Waals surface area contributed by atoms with Crippen LogP contribution in [0.4, 0.5) is 10.1 Å². The van der Waals surface area contributed by atoms with Crippen LogP contribution in [0.25, 0.3) is 0 Å². The topological polar surface area (TPSA) is 56.1 Å². The van der Waals surface area contributed by atoms with Gasteiger partial charge in [0.1, 0.15) is 11.6 Å². The van der Waals surface area contributed by atoms with Crippen LogP contribution >= 0.6 is 0 Å². The summed E-state index contributed by atoms with van der Waals surface area (Å²) >= 11 is 0. The molecule has 1 heterocycles. The molecule has 0 unspecified atom stereocenters. The summed E-state index contributed by atoms with van der Waals surface area (Å²) in [4.78, 5) is 11.9. The Morgan fingerprint density at radius 2 is 2.28 bits per heavy atom. The number of aryl methyl sites for hydroxylation is 1. The fourth-order valence-electron chi connectivity index (χ4n) is 1.50. The van der Waals surface area contributed by atoms with Crippen LogP contribution in [0.3, 0.4) is 0 Å². The van der Waals surface area contributed by atoms with E-state index < -0.39 is 5.82 Å². The summed E-state index contributed by atoms with van der Waals surface area (Å²) < 4.78 is 19.5. The largest absolute Gasteiger partial charge is 0.494 e. The first-order valence-electron chi connectivity index (χ1n) is 5.23. The van der Waals surface area contributed by atoms with E-state index in [0.29, 0.717) is 11.3 Å². The number of rotatable bonds is 3. The highest BCUT2D eigenvalue weighted by Gasteiger charge is 2.11. The Bertz CT molecular complexity index is 580. The van der Waals surface area contributed by atoms with Crippen LogP contribution < -0.4 is 10.1 Å². The molecular formula is C12H12FN3O2. The Morgan fingerprint density at radius 3 is 2.89 bits per heavy atom. The van der Waals surface area contributed by atoms with Gasteiger partial charge in [0, 0.05) is 19.3 Å². The smallest absolute Gasteiger partial charge is 0.258 e. The maximum atomic E-state index is 13.0. The number of nitrogens with one attached hydrogen (secondary N) is 1. The Morgan fingerprint density at radius 1 is 1.50 bits per heavy atom. The highest BCUT2D eigenvalue weighted by molar-refractivity contribution is 6.04. The second-order valence-electron chi connectivity index (χ2n) is 3.70. The van der Waals surface area contributed by atoms with Gasteiger partial charge in [0.15, 0.2) is 0 Å². The third kappa shape index (κ3) is 2.48. The molecule has 0 radical (unpaired) electrons. The van der Waals surface area contributed by atoms with E-state index in [2.05, 4.69) is 10.4 Å². The number of hydrogen-bond donors (Lipinski definition) is 1. The number of nitrogens with zero attached hydrogens (tertiary/aromatic N) is 2. The molecule has 0 saturated heterocycles. The average molecular weight is 249 g/mol. The van der Waals surface area contributed by atoms with Crippen LogP contribution in [0.2, 0.25) is 0 Å². The Kier molecular flexibility index (Phi) is 3.27. The van der Waals surface area contributed by atoms with E-state index in [1.165, 1.54) is 36.2 Å². The SMILES string of the molecule is COc1cc(F)ccc1NC(=O)c1cnn(C)c1. The first-order valence-corrected chi connectivity index (χ1v) is 5.23. The molecule has 5 nitrogen and oxygen atoms in total. The molecule has 0 aliphatic carbocycles. The average Bonchev–Trinajstić information content (AvgIpc) is 2.78. The van der Waals surface area contributed by atoms with Gasteiger partial charge in [-0.15, -0.1) is 0 Å². The summed E-state index contributed by atoms with van der Waals surface area (Å²) in [6, 6.07) is 3.91. The van der Waals surface area contributed by atoms with Crippen molar-refractivity contribution in [3.63, 3.8) is 0 Å². The standard InChI is InChI=1S/C12H12FN3O2/c1-16-7-8(6-14-16)12(17)15-10-4-3-9(13)5-11(10)18-2/h3-7H,1-2H3,(H,15,17). The normalized spacial score (nSPS) is 10.2. The molecule has 1 N–H and O–H groups in total. The monoisotopic (exact) mass is 249 g/mol. The molecular weight excluding hydrogens is 237 g/mol. The minimum absolute atomic E-state index is 0.271. The molecule has 0 aliphatic rings. The van der Waals surface area contributed by atoms with Crippen molar-refractivity contribution in [2.45, 2.75) is 0 Å². The first kappa shape index (κ1) is 12.1. The van der Waals surface area contributed by atoms with Crippen molar-refractivity contribution in [1.29, 1.82) is 0 Å². The number of hydrogen-bond acceptors (Lipinski definition) is 3. The minimum Gasteiger partial charge on any atom is -0.494 e. The van der Waals surface area contributed by atoms with Crippen molar-refractivity contribution in [3.05, 3.63) is 42.0 Å². The van der Waals surface area contributed by atoms with Gasteiger partial charge < -0.3 is 10.1 Å². The highest BCUT2D eigenvalue weighted by Crippen LogP contribution is 2.25. The Balaban J connectivity index is 2.21. The number of methoxy groups -OCH3 is 1. The molecule has 2 rings (SSSR count). The molecule has 0 bridgehead atoms. The van der Waals surface area contributed by atoms with Crippen LogP contribution in [0.1, 0.15) is 10.4 Å². The van der Waals surface area contributed by atoms with E-state index in [-0.39, 0.29) is 11.7 Å². The zero-order chi connectivity index (χ0) is 13.1. The molecule has 94 valence electrons. The maximum Gasteiger partial charge on any atom is 0.258 e. The van der Waals surface area contributed by atoms with E-state index in [0.717, 1.165) is 0 Å². The van der Waals surface area contributed by atoms with E-state index in [4.69, 9.17) is 4.74 Å². The van der Waals surface area contributed by atoms with Crippen molar-refractivity contribution in [2.24, 2.45) is 7.05 Å². The third-order valence-electron chi connectivity index (χ3n) is 2.38. The molecule has 0 atom stereocenters. The fraction of sp³-hybridized carbons (Fsp3) is 0.167. The number of ether oxygens (including phenoxy) is 1. The number of benzene rings is 1. The summed E-state index contributed by atoms with van der Waals surface area (Å²) in [5, 5.41) is 6.53. The maximum absolute atomic E-state index is 13.0. The van der Waals surface area contributed by atoms with Crippen molar-refractivity contribution < 1.29 is 13.9 Å². The minimum atomic E-state index is -0.425. The molecule has 6 heteroatoms. The van der Waals surface area contributed by atoms with Gasteiger partial charge in [-0.2, -0.15) is 5.10 Å². The summed E-state index contributed by atoms with van der Waals surface area (Å²) in [6.07, 6.45) is 3.04. The summed E-state index contributed by atoms with van der Waals surface area (Å²) in [7, 11) is 3.13. The van der Waals surface area contributed by atoms with E-state index in [1.807, 2.05) is 0 Å². The second kappa shape index (κ2) is 4.87. The van der Waals surface area contributed by atoms with Crippen molar-refractivity contribution in [3.8, 4) is 5.75 Å². The Labute approximate surface area is 103 Å². The number of aromatic nitrogens is 2. The molecule has 0 fully saturated rings. The van der Waals surface area contributed by atoms with Gasteiger partial charge in [-0.25, -0.2) is 4.39 Å². The van der Waals surface area contributed by atoms with Gasteiger partial charge in [-0.1, -0.05) is 0 Å². The van der Waals surface area contributed by atoms with Gasteiger partial charge in [-0.3, -0.25) is 9.48 Å². The molecule has 1 aromatic heterocycles. The van der Waals surface area contributed by atoms with Crippen molar-refractivity contribution in [1.82, 2.24) is 9.78 Å². The van der Waals surface area contributed by atoms with Gasteiger partial charge >= 0.3 is 0 Å². The number of halogens is 1. The number of carbonyl (C=O) groups excluding carboxylic acids is 1. The molecule has 18 heavy (non-hydrogen) atoms. The molecule has 0 saturated carbocycles. The van der Waals surface area contributed by atoms with E-state index in [9.17, 15) is 9.18 Å². The predicted octanol–water partition coefficient (Wildman–Crippen LogP) is 1.82. The van der Waals surface area contributed by atoms with Gasteiger partial charge in [-0.05, 0) is 12.1 Å². The summed E-state index contributed by atoms with van der Waals surface area (Å²) in [6.45, 7) is 0. The van der Waals surface area contributed by atoms with Gasteiger partial charge in [0.05, 0.1) is 24.6 Å². The number of amides is 1. The van der Waals surface area contributed by atoms with E-state index >= 15 is 0 Å². The lowest BCUT2D eigenvalue weighted by molar-refractivity contribution is 0.102. The molecule has 0 spiro atoms. The van der Waals surface area contributed by atoms with E-state index in [1.54, 1.807) is 13.2 Å².